The van der Waals surface area contributed by atoms with Gasteiger partial charge in [-0.1, -0.05) is 17.7 Å². The molecule has 144 valence electrons. The van der Waals surface area contributed by atoms with E-state index >= 15 is 0 Å². The van der Waals surface area contributed by atoms with Crippen LogP contribution in [-0.4, -0.2) is 44.4 Å². The SMILES string of the molecule is COc1cc(OC)c(C2SCCN2C(=O)c2cc(C)ccc2C)cc1OC. The van der Waals surface area contributed by atoms with Crippen LogP contribution in [-0.2, 0) is 0 Å². The third kappa shape index (κ3) is 3.72. The van der Waals surface area contributed by atoms with Gasteiger partial charge in [0.05, 0.1) is 21.3 Å². The Labute approximate surface area is 164 Å². The number of benzene rings is 2. The molecule has 27 heavy (non-hydrogen) atoms. The number of nitrogens with zero attached hydrogens (tertiary/aromatic N) is 1. The van der Waals surface area contributed by atoms with Crippen LogP contribution in [0.3, 0.4) is 0 Å². The number of carbonyl (C=O) groups excluding carboxylic acids is 1. The van der Waals surface area contributed by atoms with Crippen molar-refractivity contribution in [2.45, 2.75) is 19.2 Å². The Balaban J connectivity index is 2.01. The van der Waals surface area contributed by atoms with Crippen molar-refractivity contribution in [3.05, 3.63) is 52.6 Å². The van der Waals surface area contributed by atoms with Gasteiger partial charge in [-0.3, -0.25) is 4.79 Å². The van der Waals surface area contributed by atoms with Crippen molar-refractivity contribution in [2.75, 3.05) is 33.6 Å². The maximum absolute atomic E-state index is 13.3. The van der Waals surface area contributed by atoms with Gasteiger partial charge in [-0.25, -0.2) is 0 Å². The highest BCUT2D eigenvalue weighted by atomic mass is 32.2. The van der Waals surface area contributed by atoms with Crippen LogP contribution >= 0.6 is 11.8 Å². The van der Waals surface area contributed by atoms with Gasteiger partial charge >= 0.3 is 0 Å². The molecule has 2 aromatic carbocycles. The van der Waals surface area contributed by atoms with E-state index in [9.17, 15) is 4.79 Å². The van der Waals surface area contributed by atoms with E-state index < -0.39 is 0 Å². The molecule has 1 aliphatic heterocycles. The minimum Gasteiger partial charge on any atom is -0.496 e. The van der Waals surface area contributed by atoms with Gasteiger partial charge in [-0.2, -0.15) is 0 Å². The summed E-state index contributed by atoms with van der Waals surface area (Å²) in [5.74, 6) is 2.83. The van der Waals surface area contributed by atoms with Gasteiger partial charge in [0.25, 0.3) is 5.91 Å². The maximum Gasteiger partial charge on any atom is 0.255 e. The highest BCUT2D eigenvalue weighted by Gasteiger charge is 2.34. The van der Waals surface area contributed by atoms with Crippen LogP contribution < -0.4 is 14.2 Å². The molecule has 0 radical (unpaired) electrons. The van der Waals surface area contributed by atoms with Gasteiger partial charge < -0.3 is 19.1 Å². The second-order valence-electron chi connectivity index (χ2n) is 6.49. The monoisotopic (exact) mass is 387 g/mol. The van der Waals surface area contributed by atoms with Crippen molar-refractivity contribution in [3.63, 3.8) is 0 Å². The van der Waals surface area contributed by atoms with Crippen molar-refractivity contribution in [2.24, 2.45) is 0 Å². The first kappa shape index (κ1) is 19.4. The third-order valence-corrected chi connectivity index (χ3v) is 6.02. The second-order valence-corrected chi connectivity index (χ2v) is 7.68. The van der Waals surface area contributed by atoms with Crippen LogP contribution in [0.1, 0.15) is 32.4 Å². The Hall–Kier alpha value is -2.34. The van der Waals surface area contributed by atoms with Crippen LogP contribution in [0, 0.1) is 13.8 Å². The number of hydrogen-bond donors (Lipinski definition) is 0. The van der Waals surface area contributed by atoms with Crippen molar-refractivity contribution in [1.82, 2.24) is 4.90 Å². The molecule has 6 heteroatoms. The zero-order valence-corrected chi connectivity index (χ0v) is 17.2. The predicted octanol–water partition coefficient (Wildman–Crippen LogP) is 4.22. The average molecular weight is 388 g/mol. The topological polar surface area (TPSA) is 48.0 Å². The largest absolute Gasteiger partial charge is 0.496 e. The van der Waals surface area contributed by atoms with E-state index in [1.54, 1.807) is 33.1 Å². The molecule has 1 amide bonds. The molecular weight excluding hydrogens is 362 g/mol. The van der Waals surface area contributed by atoms with E-state index in [0.717, 1.165) is 28.0 Å². The van der Waals surface area contributed by atoms with E-state index in [1.807, 2.05) is 49.1 Å². The maximum atomic E-state index is 13.3. The quantitative estimate of drug-likeness (QED) is 0.769. The zero-order valence-electron chi connectivity index (χ0n) is 16.4. The molecule has 0 spiro atoms. The van der Waals surface area contributed by atoms with E-state index in [4.69, 9.17) is 14.2 Å². The first-order chi connectivity index (χ1) is 13.0. The molecule has 0 aromatic heterocycles. The van der Waals surface area contributed by atoms with Gasteiger partial charge in [0.15, 0.2) is 11.5 Å². The lowest BCUT2D eigenvalue weighted by molar-refractivity contribution is 0.0758. The van der Waals surface area contributed by atoms with E-state index in [-0.39, 0.29) is 11.3 Å². The Morgan fingerprint density at radius 3 is 2.33 bits per heavy atom. The average Bonchev–Trinajstić information content (AvgIpc) is 3.17. The fraction of sp³-hybridized carbons (Fsp3) is 0.381. The molecular formula is C21H25NO4S. The Kier molecular flexibility index (Phi) is 5.85. The summed E-state index contributed by atoms with van der Waals surface area (Å²) in [7, 11) is 4.83. The van der Waals surface area contributed by atoms with Crippen molar-refractivity contribution in [1.29, 1.82) is 0 Å². The molecule has 0 saturated carbocycles. The van der Waals surface area contributed by atoms with Gasteiger partial charge in [-0.15, -0.1) is 11.8 Å². The molecule has 1 heterocycles. The fourth-order valence-electron chi connectivity index (χ4n) is 3.30. The number of amides is 1. The molecule has 1 saturated heterocycles. The molecule has 0 bridgehead atoms. The van der Waals surface area contributed by atoms with E-state index in [2.05, 4.69) is 0 Å². The molecule has 1 fully saturated rings. The van der Waals surface area contributed by atoms with E-state index in [1.165, 1.54) is 0 Å². The molecule has 0 aliphatic carbocycles. The summed E-state index contributed by atoms with van der Waals surface area (Å²) < 4.78 is 16.4. The minimum absolute atomic E-state index is 0.0445. The summed E-state index contributed by atoms with van der Waals surface area (Å²) in [5, 5.41) is -0.132. The third-order valence-electron chi connectivity index (χ3n) is 4.78. The fourth-order valence-corrected chi connectivity index (χ4v) is 4.57. The summed E-state index contributed by atoms with van der Waals surface area (Å²) in [4.78, 5) is 15.2. The Bertz CT molecular complexity index is 852. The van der Waals surface area contributed by atoms with Crippen LogP contribution in [0.25, 0.3) is 0 Å². The summed E-state index contributed by atoms with van der Waals surface area (Å²) in [6, 6.07) is 9.71. The molecule has 1 atom stereocenters. The van der Waals surface area contributed by atoms with Gasteiger partial charge in [0.2, 0.25) is 0 Å². The van der Waals surface area contributed by atoms with E-state index in [0.29, 0.717) is 23.8 Å². The minimum atomic E-state index is -0.132. The van der Waals surface area contributed by atoms with Crippen molar-refractivity contribution in [3.8, 4) is 17.2 Å². The van der Waals surface area contributed by atoms with Crippen LogP contribution in [0.15, 0.2) is 30.3 Å². The van der Waals surface area contributed by atoms with Crippen LogP contribution in [0.2, 0.25) is 0 Å². The normalized spacial score (nSPS) is 16.3. The molecule has 3 rings (SSSR count). The first-order valence-corrected chi connectivity index (χ1v) is 9.84. The first-order valence-electron chi connectivity index (χ1n) is 8.80. The lowest BCUT2D eigenvalue weighted by Crippen LogP contribution is -2.31. The Morgan fingerprint density at radius 1 is 1.00 bits per heavy atom. The molecule has 2 aromatic rings. The van der Waals surface area contributed by atoms with Crippen LogP contribution in [0.5, 0.6) is 17.2 Å². The van der Waals surface area contributed by atoms with Gasteiger partial charge in [0, 0.05) is 29.5 Å². The summed E-state index contributed by atoms with van der Waals surface area (Å²) in [6.07, 6.45) is 0. The number of ether oxygens (including phenoxy) is 3. The molecule has 1 aliphatic rings. The number of hydrogen-bond acceptors (Lipinski definition) is 5. The highest BCUT2D eigenvalue weighted by Crippen LogP contribution is 2.46. The lowest BCUT2D eigenvalue weighted by Gasteiger charge is -2.27. The number of aryl methyl sites for hydroxylation is 2. The second kappa shape index (κ2) is 8.13. The van der Waals surface area contributed by atoms with Gasteiger partial charge in [0.1, 0.15) is 11.1 Å². The zero-order chi connectivity index (χ0) is 19.6. The molecule has 0 N–H and O–H groups in total. The number of rotatable bonds is 5. The summed E-state index contributed by atoms with van der Waals surface area (Å²) in [5.41, 5.74) is 3.73. The number of thioether (sulfide) groups is 1. The number of methoxy groups -OCH3 is 3. The standard InChI is InChI=1S/C21H25NO4S/c1-13-6-7-14(2)15(10-13)20(23)22-8-9-27-21(22)16-11-18(25-4)19(26-5)12-17(16)24-3/h6-7,10-12,21H,8-9H2,1-5H3. The van der Waals surface area contributed by atoms with Crippen LogP contribution in [0.4, 0.5) is 0 Å². The smallest absolute Gasteiger partial charge is 0.255 e. The molecule has 1 unspecified atom stereocenters. The van der Waals surface area contributed by atoms with Gasteiger partial charge in [-0.05, 0) is 31.5 Å². The van der Waals surface area contributed by atoms with Crippen molar-refractivity contribution >= 4 is 17.7 Å². The highest BCUT2D eigenvalue weighted by molar-refractivity contribution is 7.99. The summed E-state index contributed by atoms with van der Waals surface area (Å²) in [6.45, 7) is 4.67. The Morgan fingerprint density at radius 2 is 1.67 bits per heavy atom. The number of carbonyl (C=O) groups is 1. The molecule has 5 nitrogen and oxygen atoms in total. The lowest BCUT2D eigenvalue weighted by atomic mass is 10.0. The summed E-state index contributed by atoms with van der Waals surface area (Å²) >= 11 is 1.73. The van der Waals surface area contributed by atoms with Crippen molar-refractivity contribution < 1.29 is 19.0 Å². The predicted molar refractivity (Wildman–Crippen MR) is 108 cm³/mol.